The smallest absolute Gasteiger partial charge is 0.325 e. The minimum Gasteiger partial charge on any atom is -0.497 e. The number of nitrogens with zero attached hydrogens (tertiary/aromatic N) is 1. The molecule has 1 unspecified atom stereocenters. The molecule has 33 heavy (non-hydrogen) atoms. The first-order chi connectivity index (χ1) is 15.7. The molecule has 5 amide bonds. The third-order valence-corrected chi connectivity index (χ3v) is 5.36. The minimum atomic E-state index is -1.31. The number of ether oxygens (including phenoxy) is 1. The predicted molar refractivity (Wildman–Crippen MR) is 123 cm³/mol. The molecule has 0 saturated carbocycles. The van der Waals surface area contributed by atoms with Crippen LogP contribution in [0.15, 0.2) is 48.5 Å². The van der Waals surface area contributed by atoms with Gasteiger partial charge in [-0.15, -0.1) is 0 Å². The van der Waals surface area contributed by atoms with Crippen LogP contribution in [-0.2, 0) is 15.1 Å². The van der Waals surface area contributed by atoms with Crippen molar-refractivity contribution in [1.29, 1.82) is 0 Å². The molecule has 1 aliphatic rings. The van der Waals surface area contributed by atoms with Gasteiger partial charge in [0.2, 0.25) is 5.91 Å². The monoisotopic (exact) mass is 452 g/mol. The van der Waals surface area contributed by atoms with Gasteiger partial charge in [0.05, 0.1) is 18.4 Å². The van der Waals surface area contributed by atoms with Crippen LogP contribution < -0.4 is 20.7 Å². The Morgan fingerprint density at radius 2 is 1.76 bits per heavy atom. The molecule has 0 aliphatic carbocycles. The van der Waals surface area contributed by atoms with Crippen LogP contribution in [0.2, 0.25) is 0 Å². The lowest BCUT2D eigenvalue weighted by molar-refractivity contribution is -0.133. The van der Waals surface area contributed by atoms with Crippen LogP contribution in [0.25, 0.3) is 0 Å². The molecule has 1 fully saturated rings. The van der Waals surface area contributed by atoms with E-state index in [-0.39, 0.29) is 11.8 Å². The number of carbonyl (C=O) groups excluding carboxylic acids is 4. The second-order valence-electron chi connectivity index (χ2n) is 8.37. The maximum atomic E-state index is 13.1. The molecule has 9 heteroatoms. The highest BCUT2D eigenvalue weighted by Crippen LogP contribution is 2.30. The van der Waals surface area contributed by atoms with Gasteiger partial charge in [-0.3, -0.25) is 19.3 Å². The molecule has 0 aromatic heterocycles. The van der Waals surface area contributed by atoms with Crippen molar-refractivity contribution in [1.82, 2.24) is 15.5 Å². The number of amides is 5. The number of urea groups is 1. The van der Waals surface area contributed by atoms with Gasteiger partial charge in [0.25, 0.3) is 11.8 Å². The molecule has 3 N–H and O–H groups in total. The van der Waals surface area contributed by atoms with E-state index in [9.17, 15) is 19.2 Å². The quantitative estimate of drug-likeness (QED) is 0.532. The summed E-state index contributed by atoms with van der Waals surface area (Å²) in [7, 11) is 1.53. The first-order valence-corrected chi connectivity index (χ1v) is 10.6. The number of imide groups is 1. The van der Waals surface area contributed by atoms with Crippen LogP contribution in [0.5, 0.6) is 5.75 Å². The SMILES string of the molecule is COc1ccc(C2(C)NC(=O)N(CC(=O)Nc3ccccc3C(=O)NCC(C)C)C2=O)cc1. The number of rotatable bonds is 8. The van der Waals surface area contributed by atoms with Crippen molar-refractivity contribution in [3.8, 4) is 5.75 Å². The predicted octanol–water partition coefficient (Wildman–Crippen LogP) is 2.49. The van der Waals surface area contributed by atoms with Crippen molar-refractivity contribution >= 4 is 29.4 Å². The number of nitrogens with one attached hydrogen (secondary N) is 3. The summed E-state index contributed by atoms with van der Waals surface area (Å²) in [4.78, 5) is 51.7. The Hall–Kier alpha value is -3.88. The third-order valence-electron chi connectivity index (χ3n) is 5.36. The fraction of sp³-hybridized carbons (Fsp3) is 0.333. The topological polar surface area (TPSA) is 117 Å². The Kier molecular flexibility index (Phi) is 7.01. The van der Waals surface area contributed by atoms with Gasteiger partial charge in [-0.1, -0.05) is 38.1 Å². The number of hydrogen-bond donors (Lipinski definition) is 3. The summed E-state index contributed by atoms with van der Waals surface area (Å²) in [6.07, 6.45) is 0. The van der Waals surface area contributed by atoms with Crippen molar-refractivity contribution in [2.45, 2.75) is 26.3 Å². The Balaban J connectivity index is 1.71. The summed E-state index contributed by atoms with van der Waals surface area (Å²) in [5.41, 5.74) is -0.143. The standard InChI is InChI=1S/C24H28N4O5/c1-15(2)13-25-21(30)18-7-5-6-8-19(18)26-20(29)14-28-22(31)24(3,27-23(28)32)16-9-11-17(33-4)12-10-16/h5-12,15H,13-14H2,1-4H3,(H,25,30)(H,26,29)(H,27,32). The summed E-state index contributed by atoms with van der Waals surface area (Å²) >= 11 is 0. The van der Waals surface area contributed by atoms with E-state index in [1.165, 1.54) is 7.11 Å². The van der Waals surface area contributed by atoms with Crippen molar-refractivity contribution in [2.24, 2.45) is 5.92 Å². The molecule has 3 rings (SSSR count). The van der Waals surface area contributed by atoms with Crippen LogP contribution in [0, 0.1) is 5.92 Å². The zero-order valence-corrected chi connectivity index (χ0v) is 19.1. The molecule has 1 atom stereocenters. The van der Waals surface area contributed by atoms with Gasteiger partial charge >= 0.3 is 6.03 Å². The number of anilines is 1. The van der Waals surface area contributed by atoms with E-state index in [0.717, 1.165) is 4.90 Å². The summed E-state index contributed by atoms with van der Waals surface area (Å²) in [5.74, 6) is -0.569. The maximum absolute atomic E-state index is 13.1. The van der Waals surface area contributed by atoms with Crippen LogP contribution >= 0.6 is 0 Å². The summed E-state index contributed by atoms with van der Waals surface area (Å²) in [6.45, 7) is 5.55. The first-order valence-electron chi connectivity index (χ1n) is 10.6. The first kappa shape index (κ1) is 23.8. The van der Waals surface area contributed by atoms with E-state index in [4.69, 9.17) is 4.74 Å². The lowest BCUT2D eigenvalue weighted by Gasteiger charge is -2.22. The molecule has 1 saturated heterocycles. The molecule has 0 spiro atoms. The number of methoxy groups -OCH3 is 1. The van der Waals surface area contributed by atoms with Gasteiger partial charge in [-0.2, -0.15) is 0 Å². The van der Waals surface area contributed by atoms with Crippen LogP contribution in [0.1, 0.15) is 36.7 Å². The summed E-state index contributed by atoms with van der Waals surface area (Å²) in [5, 5.41) is 8.11. The molecule has 1 heterocycles. The molecule has 2 aromatic carbocycles. The minimum absolute atomic E-state index is 0.274. The highest BCUT2D eigenvalue weighted by Gasteiger charge is 2.49. The molecule has 1 aliphatic heterocycles. The van der Waals surface area contributed by atoms with Gasteiger partial charge < -0.3 is 20.7 Å². The van der Waals surface area contributed by atoms with E-state index in [0.29, 0.717) is 29.1 Å². The fourth-order valence-corrected chi connectivity index (χ4v) is 3.48. The Bertz CT molecular complexity index is 1070. The third kappa shape index (κ3) is 5.14. The largest absolute Gasteiger partial charge is 0.497 e. The summed E-state index contributed by atoms with van der Waals surface area (Å²) in [6, 6.07) is 12.7. The van der Waals surface area contributed by atoms with Gasteiger partial charge in [0, 0.05) is 6.54 Å². The molecule has 9 nitrogen and oxygen atoms in total. The lowest BCUT2D eigenvalue weighted by atomic mass is 9.92. The Morgan fingerprint density at radius 3 is 2.39 bits per heavy atom. The molecule has 0 bridgehead atoms. The van der Waals surface area contributed by atoms with E-state index < -0.39 is 29.9 Å². The second kappa shape index (κ2) is 9.72. The van der Waals surface area contributed by atoms with Crippen molar-refractivity contribution < 1.29 is 23.9 Å². The van der Waals surface area contributed by atoms with Crippen molar-refractivity contribution in [2.75, 3.05) is 25.5 Å². The van der Waals surface area contributed by atoms with Crippen LogP contribution in [0.4, 0.5) is 10.5 Å². The zero-order valence-electron chi connectivity index (χ0n) is 19.1. The summed E-state index contributed by atoms with van der Waals surface area (Å²) < 4.78 is 5.13. The maximum Gasteiger partial charge on any atom is 0.325 e. The average molecular weight is 453 g/mol. The number of para-hydroxylation sites is 1. The van der Waals surface area contributed by atoms with E-state index >= 15 is 0 Å². The molecular formula is C24H28N4O5. The Morgan fingerprint density at radius 1 is 1.09 bits per heavy atom. The van der Waals surface area contributed by atoms with E-state index in [1.54, 1.807) is 55.5 Å². The van der Waals surface area contributed by atoms with Gasteiger partial charge in [-0.05, 0) is 42.7 Å². The van der Waals surface area contributed by atoms with Crippen LogP contribution in [-0.4, -0.2) is 48.9 Å². The van der Waals surface area contributed by atoms with Gasteiger partial charge in [-0.25, -0.2) is 4.79 Å². The normalized spacial score (nSPS) is 17.7. The van der Waals surface area contributed by atoms with Gasteiger partial charge in [0.1, 0.15) is 17.8 Å². The van der Waals surface area contributed by atoms with Crippen molar-refractivity contribution in [3.05, 3.63) is 59.7 Å². The highest BCUT2D eigenvalue weighted by atomic mass is 16.5. The zero-order chi connectivity index (χ0) is 24.2. The molecule has 174 valence electrons. The fourth-order valence-electron chi connectivity index (χ4n) is 3.48. The van der Waals surface area contributed by atoms with Gasteiger partial charge in [0.15, 0.2) is 0 Å². The molecular weight excluding hydrogens is 424 g/mol. The van der Waals surface area contributed by atoms with Crippen molar-refractivity contribution in [3.63, 3.8) is 0 Å². The number of hydrogen-bond acceptors (Lipinski definition) is 5. The lowest BCUT2D eigenvalue weighted by Crippen LogP contribution is -2.42. The second-order valence-corrected chi connectivity index (χ2v) is 8.37. The average Bonchev–Trinajstić information content (AvgIpc) is 3.01. The molecule has 0 radical (unpaired) electrons. The number of carbonyl (C=O) groups is 4. The molecule has 2 aromatic rings. The number of benzene rings is 2. The van der Waals surface area contributed by atoms with E-state index in [2.05, 4.69) is 16.0 Å². The van der Waals surface area contributed by atoms with Crippen LogP contribution in [0.3, 0.4) is 0 Å². The Labute approximate surface area is 192 Å². The van der Waals surface area contributed by atoms with E-state index in [1.807, 2.05) is 13.8 Å². The highest BCUT2D eigenvalue weighted by molar-refractivity contribution is 6.11.